The summed E-state index contributed by atoms with van der Waals surface area (Å²) in [6.07, 6.45) is 10.4. The maximum Gasteiger partial charge on any atom is -0.0259 e. The van der Waals surface area contributed by atoms with E-state index >= 15 is 0 Å². The fraction of sp³-hybridized carbons (Fsp3) is 0.160. The van der Waals surface area contributed by atoms with Crippen LogP contribution in [-0.4, -0.2) is 3.21 Å². The summed E-state index contributed by atoms with van der Waals surface area (Å²) < 4.78 is 1.31. The van der Waals surface area contributed by atoms with Gasteiger partial charge < -0.3 is 24.8 Å². The minimum Gasteiger partial charge on any atom is -1.00 e. The molecule has 1 atom stereocenters. The summed E-state index contributed by atoms with van der Waals surface area (Å²) in [6.45, 7) is 8.99. The molecule has 0 N–H and O–H groups in total. The van der Waals surface area contributed by atoms with Crippen LogP contribution in [0.15, 0.2) is 169 Å². The molecule has 0 heterocycles. The van der Waals surface area contributed by atoms with Gasteiger partial charge in [-0.25, -0.2) is 6.08 Å². The Morgan fingerprint density at radius 1 is 0.618 bits per heavy atom. The summed E-state index contributed by atoms with van der Waals surface area (Å²) in [5.74, 6) is 0.587. The van der Waals surface area contributed by atoms with Crippen LogP contribution in [-0.2, 0) is 24.2 Å². The fourth-order valence-corrected chi connectivity index (χ4v) is 7.57. The van der Waals surface area contributed by atoms with Crippen molar-refractivity contribution in [1.29, 1.82) is 0 Å². The number of hydrogen-bond donors (Lipinski definition) is 0. The van der Waals surface area contributed by atoms with Gasteiger partial charge in [-0.2, -0.15) is 11.6 Å². The van der Waals surface area contributed by atoms with E-state index in [1.807, 2.05) is 48.5 Å². The van der Waals surface area contributed by atoms with Crippen molar-refractivity contribution in [2.45, 2.75) is 40.5 Å². The second-order valence-electron chi connectivity index (χ2n) is 14.4. The van der Waals surface area contributed by atoms with Gasteiger partial charge in [0, 0.05) is 0 Å². The molecule has 1 aliphatic rings. The largest absolute Gasteiger partial charge is 1.00 e. The monoisotopic (exact) mass is 874 g/mol. The van der Waals surface area contributed by atoms with Crippen molar-refractivity contribution >= 4 is 48.0 Å². The summed E-state index contributed by atoms with van der Waals surface area (Å²) in [5, 5.41) is 6.80. The molecule has 1 aliphatic carbocycles. The minimum atomic E-state index is 0. The van der Waals surface area contributed by atoms with Gasteiger partial charge in [0.2, 0.25) is 0 Å². The Labute approximate surface area is 364 Å². The Bertz CT molecular complexity index is 2210. The van der Waals surface area contributed by atoms with Crippen LogP contribution in [0, 0.1) is 17.4 Å². The zero-order valence-corrected chi connectivity index (χ0v) is 37.1. The molecule has 7 aromatic carbocycles. The summed E-state index contributed by atoms with van der Waals surface area (Å²) in [5.41, 5.74) is 9.24. The number of rotatable bonds is 6. The van der Waals surface area contributed by atoms with Crippen molar-refractivity contribution in [2.75, 3.05) is 0 Å². The zero-order chi connectivity index (χ0) is 37.4. The van der Waals surface area contributed by atoms with E-state index in [0.29, 0.717) is 11.3 Å². The van der Waals surface area contributed by atoms with Gasteiger partial charge in [-0.15, -0.1) is 39.7 Å². The van der Waals surface area contributed by atoms with Gasteiger partial charge >= 0.3 is 120 Å². The third kappa shape index (κ3) is 11.8. The maximum absolute atomic E-state index is 5.86. The molecule has 278 valence electrons. The Morgan fingerprint density at radius 2 is 1.05 bits per heavy atom. The van der Waals surface area contributed by atoms with Gasteiger partial charge in [-0.3, -0.25) is 6.08 Å². The normalized spacial score (nSPS) is 13.1. The second-order valence-corrected chi connectivity index (χ2v) is 16.5. The van der Waals surface area contributed by atoms with Crippen molar-refractivity contribution in [1.82, 2.24) is 0 Å². The van der Waals surface area contributed by atoms with E-state index in [1.54, 1.807) is 0 Å². The topological polar surface area (TPSA) is 0 Å². The molecular formula is C50H44Cl4Zr-2. The first-order valence-corrected chi connectivity index (χ1v) is 20.2. The first-order chi connectivity index (χ1) is 25.6. The number of allylic oxidation sites excluding steroid dienone is 4. The standard InChI is InChI=1S/C25H17.C13H8Cl2.C12H19.2ClH.Zr/c1-3-7-18(8-4-1)20-11-13-24-22(15-20)17-23-16-21(12-14-25(23)24)19-9-5-2-6-10-19;14-12-5-1-10(2-6-12)9-11-3-7-13(15)8-4-11;1-5-6-10-7-8-11(9-10)12(2,3)4;;;/h1-17H;1-8H;8-10H,5-6H2,1-4H3;2*1H;/q-1;;-1;;;+2/p-2. The van der Waals surface area contributed by atoms with Crippen LogP contribution < -0.4 is 24.8 Å². The van der Waals surface area contributed by atoms with Crippen LogP contribution >= 0.6 is 23.2 Å². The average Bonchev–Trinajstić information content (AvgIpc) is 3.81. The molecule has 0 saturated carbocycles. The van der Waals surface area contributed by atoms with E-state index in [-0.39, 0.29) is 24.8 Å². The molecule has 0 aliphatic heterocycles. The molecule has 0 fully saturated rings. The third-order valence-electron chi connectivity index (χ3n) is 9.48. The van der Waals surface area contributed by atoms with Crippen LogP contribution in [0.4, 0.5) is 0 Å². The van der Waals surface area contributed by atoms with E-state index in [0.717, 1.165) is 10.0 Å². The molecule has 55 heavy (non-hydrogen) atoms. The summed E-state index contributed by atoms with van der Waals surface area (Å²) in [6, 6.07) is 52.8. The number of fused-ring (bicyclic) bond motifs is 3. The Balaban J connectivity index is 0.000000195. The molecule has 0 saturated heterocycles. The zero-order valence-electron chi connectivity index (χ0n) is 31.6. The van der Waals surface area contributed by atoms with Gasteiger partial charge in [0.25, 0.3) is 0 Å². The van der Waals surface area contributed by atoms with Gasteiger partial charge in [-0.05, 0) is 11.1 Å². The predicted molar refractivity (Wildman–Crippen MR) is 228 cm³/mol. The molecule has 0 bridgehead atoms. The molecule has 0 spiro atoms. The van der Waals surface area contributed by atoms with Gasteiger partial charge in [0.1, 0.15) is 0 Å². The molecule has 0 aromatic heterocycles. The Hall–Kier alpha value is -3.42. The number of hydrogen-bond acceptors (Lipinski definition) is 0. The van der Waals surface area contributed by atoms with Crippen molar-refractivity contribution in [3.8, 4) is 22.3 Å². The average molecular weight is 878 g/mol. The van der Waals surface area contributed by atoms with Crippen LogP contribution in [0.25, 0.3) is 43.8 Å². The first kappa shape index (κ1) is 44.3. The maximum atomic E-state index is 5.86. The molecule has 1 unspecified atom stereocenters. The van der Waals surface area contributed by atoms with E-state index < -0.39 is 0 Å². The SMILES string of the molecule is CCCC1[C-]=CC(C(C)(C)C)=C1.Clc1ccc([C](=[Zr+2])c2ccc(Cl)cc2)cc1.[Cl-].[Cl-].c1ccc(-c2ccc3c(c2)[cH-]c2cc(-c4ccccc4)ccc23)cc1. The predicted octanol–water partition coefficient (Wildman–Crippen LogP) is 8.91. The smallest absolute Gasteiger partial charge is 0.0259 e. The second kappa shape index (κ2) is 20.7. The number of halogens is 4. The molecule has 7 aromatic rings. The van der Waals surface area contributed by atoms with E-state index in [4.69, 9.17) is 23.2 Å². The number of benzene rings is 6. The summed E-state index contributed by atoms with van der Waals surface area (Å²) in [4.78, 5) is 0. The van der Waals surface area contributed by atoms with Crippen molar-refractivity contribution in [2.24, 2.45) is 11.3 Å². The summed E-state index contributed by atoms with van der Waals surface area (Å²) >= 11 is 13.1. The van der Waals surface area contributed by atoms with E-state index in [1.165, 1.54) is 101 Å². The van der Waals surface area contributed by atoms with Crippen LogP contribution in [0.2, 0.25) is 10.0 Å². The molecule has 8 rings (SSSR count). The molecule has 5 heteroatoms. The molecule has 0 nitrogen and oxygen atoms in total. The van der Waals surface area contributed by atoms with Gasteiger partial charge in [0.15, 0.2) is 0 Å². The quantitative estimate of drug-likeness (QED) is 0.147. The Morgan fingerprint density at radius 3 is 1.44 bits per heavy atom. The molecular weight excluding hydrogens is 834 g/mol. The van der Waals surface area contributed by atoms with Crippen molar-refractivity contribution in [3.05, 3.63) is 197 Å². The summed E-state index contributed by atoms with van der Waals surface area (Å²) in [7, 11) is 0. The molecule has 0 radical (unpaired) electrons. The minimum absolute atomic E-state index is 0. The van der Waals surface area contributed by atoms with Crippen molar-refractivity contribution < 1.29 is 49.0 Å². The van der Waals surface area contributed by atoms with Crippen molar-refractivity contribution in [3.63, 3.8) is 0 Å². The van der Waals surface area contributed by atoms with E-state index in [9.17, 15) is 0 Å². The first-order valence-electron chi connectivity index (χ1n) is 18.2. The van der Waals surface area contributed by atoms with Crippen LogP contribution in [0.5, 0.6) is 0 Å². The van der Waals surface area contributed by atoms with Crippen LogP contribution in [0.1, 0.15) is 51.7 Å². The Kier molecular flexibility index (Phi) is 16.6. The fourth-order valence-electron chi connectivity index (χ4n) is 6.50. The van der Waals surface area contributed by atoms with Gasteiger partial charge in [-0.1, -0.05) is 148 Å². The van der Waals surface area contributed by atoms with Gasteiger partial charge in [0.05, 0.1) is 0 Å². The third-order valence-corrected chi connectivity index (χ3v) is 11.4. The van der Waals surface area contributed by atoms with Crippen LogP contribution in [0.3, 0.4) is 0 Å². The molecule has 0 amide bonds. The van der Waals surface area contributed by atoms with E-state index in [2.05, 4.69) is 149 Å².